The van der Waals surface area contributed by atoms with Gasteiger partial charge in [-0.15, -0.1) is 11.3 Å². The zero-order valence-corrected chi connectivity index (χ0v) is 19.8. The fourth-order valence-electron chi connectivity index (χ4n) is 4.20. The highest BCUT2D eigenvalue weighted by Gasteiger charge is 2.26. The van der Waals surface area contributed by atoms with Crippen molar-refractivity contribution in [3.05, 3.63) is 116 Å². The number of aryl methyl sites for hydroxylation is 1. The van der Waals surface area contributed by atoms with Crippen LogP contribution in [0.2, 0.25) is 5.02 Å². The quantitative estimate of drug-likeness (QED) is 0.341. The highest BCUT2D eigenvalue weighted by Crippen LogP contribution is 2.34. The number of fused-ring (bicyclic) bond motifs is 2. The van der Waals surface area contributed by atoms with E-state index in [9.17, 15) is 14.0 Å². The number of carbonyl (C=O) groups excluding carboxylic acids is 2. The van der Waals surface area contributed by atoms with Gasteiger partial charge in [-0.2, -0.15) is 0 Å². The van der Waals surface area contributed by atoms with E-state index in [4.69, 9.17) is 11.6 Å². The molecule has 7 heteroatoms. The number of hydrogen-bond donors (Lipinski definition) is 1. The second-order valence-electron chi connectivity index (χ2n) is 8.17. The number of halogens is 2. The summed E-state index contributed by atoms with van der Waals surface area (Å²) in [6, 6.07) is 18.9. The Kier molecular flexibility index (Phi) is 5.94. The standard InChI is InChI=1S/C27H20ClFN2O2S/c1-16-12-20(30-26(32)22-14-19(29)6-9-23(22)28)7-8-21(16)27(33)31-15-25-18(10-11-34-25)13-17-4-2-3-5-24(17)31/h2-12,14H,13,15H2,1H3,(H,30,32). The molecule has 1 aromatic heterocycles. The zero-order valence-electron chi connectivity index (χ0n) is 18.3. The molecular formula is C27H20ClFN2O2S. The first-order valence-corrected chi connectivity index (χ1v) is 12.0. The smallest absolute Gasteiger partial charge is 0.258 e. The number of thiophene rings is 1. The van der Waals surface area contributed by atoms with E-state index < -0.39 is 11.7 Å². The fourth-order valence-corrected chi connectivity index (χ4v) is 5.29. The van der Waals surface area contributed by atoms with Crippen LogP contribution in [-0.2, 0) is 13.0 Å². The molecule has 170 valence electrons. The molecule has 2 heterocycles. The van der Waals surface area contributed by atoms with Crippen molar-refractivity contribution in [2.45, 2.75) is 19.9 Å². The van der Waals surface area contributed by atoms with Gasteiger partial charge in [-0.3, -0.25) is 9.59 Å². The van der Waals surface area contributed by atoms with Crippen molar-refractivity contribution in [2.75, 3.05) is 10.2 Å². The van der Waals surface area contributed by atoms with Gasteiger partial charge < -0.3 is 10.2 Å². The van der Waals surface area contributed by atoms with Gasteiger partial charge in [-0.05, 0) is 77.5 Å². The highest BCUT2D eigenvalue weighted by atomic mass is 35.5. The number of carbonyl (C=O) groups is 2. The van der Waals surface area contributed by atoms with Crippen molar-refractivity contribution in [3.63, 3.8) is 0 Å². The molecule has 1 aliphatic heterocycles. The predicted octanol–water partition coefficient (Wildman–Crippen LogP) is 6.85. The van der Waals surface area contributed by atoms with Crippen molar-refractivity contribution < 1.29 is 14.0 Å². The molecule has 5 rings (SSSR count). The Morgan fingerprint density at radius 2 is 1.82 bits per heavy atom. The minimum Gasteiger partial charge on any atom is -0.322 e. The molecule has 0 aliphatic carbocycles. The van der Waals surface area contributed by atoms with Gasteiger partial charge >= 0.3 is 0 Å². The van der Waals surface area contributed by atoms with E-state index in [1.165, 1.54) is 22.6 Å². The molecule has 0 bridgehead atoms. The van der Waals surface area contributed by atoms with E-state index in [0.717, 1.165) is 29.3 Å². The van der Waals surface area contributed by atoms with Crippen molar-refractivity contribution in [1.82, 2.24) is 0 Å². The van der Waals surface area contributed by atoms with E-state index in [0.29, 0.717) is 17.8 Å². The highest BCUT2D eigenvalue weighted by molar-refractivity contribution is 7.10. The van der Waals surface area contributed by atoms with Crippen LogP contribution in [0.5, 0.6) is 0 Å². The summed E-state index contributed by atoms with van der Waals surface area (Å²) < 4.78 is 13.6. The van der Waals surface area contributed by atoms with E-state index in [-0.39, 0.29) is 16.5 Å². The van der Waals surface area contributed by atoms with Gasteiger partial charge in [0.25, 0.3) is 11.8 Å². The second kappa shape index (κ2) is 9.05. The summed E-state index contributed by atoms with van der Waals surface area (Å²) in [6.45, 7) is 2.34. The largest absolute Gasteiger partial charge is 0.322 e. The van der Waals surface area contributed by atoms with E-state index >= 15 is 0 Å². The fraction of sp³-hybridized carbons (Fsp3) is 0.111. The van der Waals surface area contributed by atoms with Crippen LogP contribution in [0.3, 0.4) is 0 Å². The van der Waals surface area contributed by atoms with Crippen LogP contribution in [0.25, 0.3) is 0 Å². The van der Waals surface area contributed by atoms with Crippen molar-refractivity contribution in [1.29, 1.82) is 0 Å². The first kappa shape index (κ1) is 22.3. The van der Waals surface area contributed by atoms with Crippen molar-refractivity contribution >= 4 is 46.1 Å². The van der Waals surface area contributed by atoms with Crippen LogP contribution < -0.4 is 10.2 Å². The van der Waals surface area contributed by atoms with Crippen LogP contribution in [0.4, 0.5) is 15.8 Å². The summed E-state index contributed by atoms with van der Waals surface area (Å²) in [6.07, 6.45) is 0.797. The molecule has 3 aromatic carbocycles. The Hall–Kier alpha value is -3.48. The summed E-state index contributed by atoms with van der Waals surface area (Å²) in [5.41, 5.74) is 5.09. The molecule has 0 atom stereocenters. The molecule has 2 amide bonds. The minimum absolute atomic E-state index is 0.0485. The molecule has 1 aliphatic rings. The Morgan fingerprint density at radius 1 is 1.00 bits per heavy atom. The summed E-state index contributed by atoms with van der Waals surface area (Å²) in [5.74, 6) is -1.16. The van der Waals surface area contributed by atoms with Gasteiger partial charge in [0, 0.05) is 28.2 Å². The SMILES string of the molecule is Cc1cc(NC(=O)c2cc(F)ccc2Cl)ccc1C(=O)N1Cc2sccc2Cc2ccccc21. The maximum Gasteiger partial charge on any atom is 0.258 e. The van der Waals surface area contributed by atoms with Crippen LogP contribution >= 0.6 is 22.9 Å². The summed E-state index contributed by atoms with van der Waals surface area (Å²) in [5, 5.41) is 4.96. The van der Waals surface area contributed by atoms with Crippen LogP contribution in [0.15, 0.2) is 72.1 Å². The molecule has 0 radical (unpaired) electrons. The first-order valence-electron chi connectivity index (χ1n) is 10.7. The van der Waals surface area contributed by atoms with E-state index in [1.54, 1.807) is 29.5 Å². The van der Waals surface area contributed by atoms with Crippen LogP contribution in [-0.4, -0.2) is 11.8 Å². The number of anilines is 2. The zero-order chi connectivity index (χ0) is 23.8. The molecule has 0 saturated heterocycles. The molecule has 4 aromatic rings. The van der Waals surface area contributed by atoms with Gasteiger partial charge in [-0.1, -0.05) is 29.8 Å². The molecule has 0 unspecified atom stereocenters. The van der Waals surface area contributed by atoms with Gasteiger partial charge in [0.05, 0.1) is 17.1 Å². The Labute approximate surface area is 205 Å². The lowest BCUT2D eigenvalue weighted by Crippen LogP contribution is -2.30. The number of rotatable bonds is 3. The molecule has 1 N–H and O–H groups in total. The molecule has 34 heavy (non-hydrogen) atoms. The van der Waals surface area contributed by atoms with Gasteiger partial charge in [-0.25, -0.2) is 4.39 Å². The van der Waals surface area contributed by atoms with E-state index in [1.807, 2.05) is 30.0 Å². The number of nitrogens with zero attached hydrogens (tertiary/aromatic N) is 1. The van der Waals surface area contributed by atoms with Gasteiger partial charge in [0.1, 0.15) is 5.82 Å². The predicted molar refractivity (Wildman–Crippen MR) is 135 cm³/mol. The number of amides is 2. The Bertz CT molecular complexity index is 1430. The summed E-state index contributed by atoms with van der Waals surface area (Å²) in [4.78, 5) is 29.3. The van der Waals surface area contributed by atoms with Crippen molar-refractivity contribution in [3.8, 4) is 0 Å². The molecular weight excluding hydrogens is 471 g/mol. The number of hydrogen-bond acceptors (Lipinski definition) is 3. The van der Waals surface area contributed by atoms with Crippen LogP contribution in [0, 0.1) is 12.7 Å². The minimum atomic E-state index is -0.543. The molecule has 0 fully saturated rings. The van der Waals surface area contributed by atoms with Crippen LogP contribution in [0.1, 0.15) is 42.3 Å². The summed E-state index contributed by atoms with van der Waals surface area (Å²) >= 11 is 7.71. The summed E-state index contributed by atoms with van der Waals surface area (Å²) in [7, 11) is 0. The maximum atomic E-state index is 13.7. The third-order valence-electron chi connectivity index (χ3n) is 5.94. The van der Waals surface area contributed by atoms with Gasteiger partial charge in [0.15, 0.2) is 0 Å². The lowest BCUT2D eigenvalue weighted by molar-refractivity contribution is 0.0983. The van der Waals surface area contributed by atoms with E-state index in [2.05, 4.69) is 22.8 Å². The topological polar surface area (TPSA) is 49.4 Å². The Balaban J connectivity index is 1.43. The average Bonchev–Trinajstić information content (AvgIpc) is 3.19. The third kappa shape index (κ3) is 4.22. The maximum absolute atomic E-state index is 13.7. The number of benzene rings is 3. The monoisotopic (exact) mass is 490 g/mol. The number of para-hydroxylation sites is 1. The lowest BCUT2D eigenvalue weighted by atomic mass is 10.0. The molecule has 0 spiro atoms. The average molecular weight is 491 g/mol. The second-order valence-corrected chi connectivity index (χ2v) is 9.58. The number of nitrogens with one attached hydrogen (secondary N) is 1. The lowest BCUT2D eigenvalue weighted by Gasteiger charge is -2.24. The normalized spacial score (nSPS) is 12.5. The first-order chi connectivity index (χ1) is 16.4. The Morgan fingerprint density at radius 3 is 2.65 bits per heavy atom. The molecule has 4 nitrogen and oxygen atoms in total. The van der Waals surface area contributed by atoms with Gasteiger partial charge in [0.2, 0.25) is 0 Å². The molecule has 0 saturated carbocycles. The third-order valence-corrected chi connectivity index (χ3v) is 7.21. The van der Waals surface area contributed by atoms with Crippen molar-refractivity contribution in [2.24, 2.45) is 0 Å².